The van der Waals surface area contributed by atoms with E-state index in [1.807, 2.05) is 26.0 Å². The van der Waals surface area contributed by atoms with Crippen LogP contribution >= 0.6 is 0 Å². The predicted molar refractivity (Wildman–Crippen MR) is 83.5 cm³/mol. The number of nitroso groups, excluding NO2 is 1. The molecule has 0 radical (unpaired) electrons. The number of amides is 1. The average Bonchev–Trinajstić information content (AvgIpc) is 2.47. The lowest BCUT2D eigenvalue weighted by Gasteiger charge is -2.42. The zero-order valence-corrected chi connectivity index (χ0v) is 12.5. The van der Waals surface area contributed by atoms with Crippen molar-refractivity contribution in [2.24, 2.45) is 10.9 Å². The summed E-state index contributed by atoms with van der Waals surface area (Å²) in [5, 5.41) is 6.38. The van der Waals surface area contributed by atoms with Gasteiger partial charge < -0.3 is 16.0 Å². The summed E-state index contributed by atoms with van der Waals surface area (Å²) in [5.74, 6) is -0.308. The minimum Gasteiger partial charge on any atom is -0.370 e. The summed E-state index contributed by atoms with van der Waals surface area (Å²) >= 11 is 0. The predicted octanol–water partition coefficient (Wildman–Crippen LogP) is 1.91. The monoisotopic (exact) mass is 290 g/mol. The first-order valence-corrected chi connectivity index (χ1v) is 7.23. The van der Waals surface area contributed by atoms with Crippen LogP contribution in [0.3, 0.4) is 0 Å². The number of hydrogen-bond acceptors (Lipinski definition) is 5. The average molecular weight is 290 g/mol. The summed E-state index contributed by atoms with van der Waals surface area (Å²) in [6, 6.07) is 7.44. The summed E-state index contributed by atoms with van der Waals surface area (Å²) in [6.45, 7) is 5.33. The second-order valence-corrected chi connectivity index (χ2v) is 5.81. The highest BCUT2D eigenvalue weighted by atomic mass is 16.3. The van der Waals surface area contributed by atoms with E-state index in [4.69, 9.17) is 5.73 Å². The molecule has 6 nitrogen and oxygen atoms in total. The molecule has 1 aromatic carbocycles. The van der Waals surface area contributed by atoms with Crippen molar-refractivity contribution in [2.75, 3.05) is 18.0 Å². The van der Waals surface area contributed by atoms with Gasteiger partial charge in [-0.15, -0.1) is 4.91 Å². The highest BCUT2D eigenvalue weighted by molar-refractivity contribution is 5.85. The first-order chi connectivity index (χ1) is 9.98. The molecule has 114 valence electrons. The van der Waals surface area contributed by atoms with Crippen LogP contribution in [-0.2, 0) is 4.79 Å². The van der Waals surface area contributed by atoms with E-state index in [1.54, 1.807) is 12.1 Å². The van der Waals surface area contributed by atoms with E-state index in [0.717, 1.165) is 5.69 Å². The van der Waals surface area contributed by atoms with Crippen molar-refractivity contribution in [3.05, 3.63) is 29.2 Å². The van der Waals surface area contributed by atoms with Gasteiger partial charge in [-0.05, 0) is 44.0 Å². The quantitative estimate of drug-likeness (QED) is 0.811. The van der Waals surface area contributed by atoms with Gasteiger partial charge in [0.1, 0.15) is 11.2 Å². The van der Waals surface area contributed by atoms with E-state index >= 15 is 0 Å². The molecule has 0 aromatic heterocycles. The van der Waals surface area contributed by atoms with E-state index in [2.05, 4.69) is 15.4 Å². The number of anilines is 1. The molecule has 0 bridgehead atoms. The number of primary amides is 1. The van der Waals surface area contributed by atoms with E-state index in [1.165, 1.54) is 0 Å². The number of carbonyl (C=O) groups excluding carboxylic acids is 1. The van der Waals surface area contributed by atoms with Crippen molar-refractivity contribution in [2.45, 2.75) is 38.3 Å². The maximum Gasteiger partial charge on any atom is 0.237 e. The molecule has 0 saturated carbocycles. The molecule has 3 N–H and O–H groups in total. The largest absolute Gasteiger partial charge is 0.370 e. The molecule has 1 aliphatic heterocycles. The van der Waals surface area contributed by atoms with Crippen molar-refractivity contribution >= 4 is 17.3 Å². The van der Waals surface area contributed by atoms with Crippen LogP contribution < -0.4 is 16.0 Å². The first kappa shape index (κ1) is 15.4. The molecule has 0 atom stereocenters. The second kappa shape index (κ2) is 6.22. The second-order valence-electron chi connectivity index (χ2n) is 5.81. The van der Waals surface area contributed by atoms with Gasteiger partial charge >= 0.3 is 0 Å². The van der Waals surface area contributed by atoms with Gasteiger partial charge in [0, 0.05) is 19.1 Å². The van der Waals surface area contributed by atoms with Crippen LogP contribution in [0.1, 0.15) is 26.7 Å². The number of rotatable bonds is 5. The summed E-state index contributed by atoms with van der Waals surface area (Å²) in [6.07, 6.45) is 1.24. The van der Waals surface area contributed by atoms with Crippen LogP contribution in [0.2, 0.25) is 0 Å². The summed E-state index contributed by atoms with van der Waals surface area (Å²) < 4.78 is 0. The Labute approximate surface area is 124 Å². The molecule has 1 fully saturated rings. The Kier molecular flexibility index (Phi) is 4.57. The van der Waals surface area contributed by atoms with Crippen LogP contribution in [0.5, 0.6) is 0 Å². The maximum absolute atomic E-state index is 11.9. The third kappa shape index (κ3) is 3.21. The number of carbonyl (C=O) groups is 1. The van der Waals surface area contributed by atoms with Gasteiger partial charge in [-0.3, -0.25) is 4.79 Å². The molecule has 1 saturated heterocycles. The Morgan fingerprint density at radius 2 is 1.95 bits per heavy atom. The van der Waals surface area contributed by atoms with Crippen molar-refractivity contribution in [1.29, 1.82) is 0 Å². The van der Waals surface area contributed by atoms with Gasteiger partial charge in [0.05, 0.1) is 5.69 Å². The Hall–Kier alpha value is -1.95. The molecule has 6 heteroatoms. The van der Waals surface area contributed by atoms with Gasteiger partial charge in [0.25, 0.3) is 0 Å². The molecule has 0 spiro atoms. The van der Waals surface area contributed by atoms with Gasteiger partial charge in [0.15, 0.2) is 0 Å². The number of benzene rings is 1. The highest BCUT2D eigenvalue weighted by Gasteiger charge is 2.40. The Balaban J connectivity index is 2.15. The zero-order chi connectivity index (χ0) is 15.5. The molecule has 2 rings (SSSR count). The van der Waals surface area contributed by atoms with Crippen molar-refractivity contribution in [3.8, 4) is 0 Å². The summed E-state index contributed by atoms with van der Waals surface area (Å²) in [5.41, 5.74) is 6.19. The standard InChI is InChI=1S/C15H22N4O2/c1-11(2)17-15(14(16)20)7-9-19(10-8-15)13-6-4-3-5-12(13)18-21/h3-6,11,17H,7-10H2,1-2H3,(H2,16,20). The first-order valence-electron chi connectivity index (χ1n) is 7.23. The van der Waals surface area contributed by atoms with Gasteiger partial charge in [0.2, 0.25) is 5.91 Å². The number of piperidine rings is 1. The SMILES string of the molecule is CC(C)NC1(C(N)=O)CCN(c2ccccc2N=O)CC1. The van der Waals surface area contributed by atoms with E-state index in [9.17, 15) is 9.70 Å². The molecule has 1 aromatic rings. The lowest BCUT2D eigenvalue weighted by atomic mass is 9.85. The van der Waals surface area contributed by atoms with E-state index < -0.39 is 5.54 Å². The minimum absolute atomic E-state index is 0.188. The zero-order valence-electron chi connectivity index (χ0n) is 12.5. The number of nitrogens with zero attached hydrogens (tertiary/aromatic N) is 2. The van der Waals surface area contributed by atoms with Crippen molar-refractivity contribution in [3.63, 3.8) is 0 Å². The van der Waals surface area contributed by atoms with Crippen LogP contribution in [0.25, 0.3) is 0 Å². The van der Waals surface area contributed by atoms with Crippen molar-refractivity contribution < 1.29 is 4.79 Å². The normalized spacial score (nSPS) is 17.8. The van der Waals surface area contributed by atoms with Gasteiger partial charge in [-0.1, -0.05) is 12.1 Å². The molecular weight excluding hydrogens is 268 g/mol. The van der Waals surface area contributed by atoms with Gasteiger partial charge in [-0.2, -0.15) is 0 Å². The third-order valence-electron chi connectivity index (χ3n) is 3.97. The molecule has 1 amide bonds. The molecule has 0 unspecified atom stereocenters. The topological polar surface area (TPSA) is 87.8 Å². The molecule has 21 heavy (non-hydrogen) atoms. The van der Waals surface area contributed by atoms with E-state index in [-0.39, 0.29) is 11.9 Å². The fourth-order valence-electron chi connectivity index (χ4n) is 2.95. The smallest absolute Gasteiger partial charge is 0.237 e. The van der Waals surface area contributed by atoms with Crippen LogP contribution in [0.15, 0.2) is 29.4 Å². The minimum atomic E-state index is -0.659. The maximum atomic E-state index is 11.9. The Bertz CT molecular complexity index is 522. The van der Waals surface area contributed by atoms with Gasteiger partial charge in [-0.25, -0.2) is 0 Å². The fraction of sp³-hybridized carbons (Fsp3) is 0.533. The number of hydrogen-bond donors (Lipinski definition) is 2. The Morgan fingerprint density at radius 3 is 2.48 bits per heavy atom. The Morgan fingerprint density at radius 1 is 1.33 bits per heavy atom. The van der Waals surface area contributed by atoms with E-state index in [0.29, 0.717) is 31.6 Å². The van der Waals surface area contributed by atoms with Crippen LogP contribution in [0, 0.1) is 4.91 Å². The summed E-state index contributed by atoms with van der Waals surface area (Å²) in [4.78, 5) is 24.8. The molecule has 1 heterocycles. The molecule has 0 aliphatic carbocycles. The number of para-hydroxylation sites is 1. The highest BCUT2D eigenvalue weighted by Crippen LogP contribution is 2.32. The molecular formula is C15H22N4O2. The third-order valence-corrected chi connectivity index (χ3v) is 3.97. The fourth-order valence-corrected chi connectivity index (χ4v) is 2.95. The van der Waals surface area contributed by atoms with Crippen LogP contribution in [0.4, 0.5) is 11.4 Å². The van der Waals surface area contributed by atoms with Crippen LogP contribution in [-0.4, -0.2) is 30.6 Å². The lowest BCUT2D eigenvalue weighted by molar-refractivity contribution is -0.125. The number of nitrogens with one attached hydrogen (secondary N) is 1. The van der Waals surface area contributed by atoms with Crippen molar-refractivity contribution in [1.82, 2.24) is 5.32 Å². The number of nitrogens with two attached hydrogens (primary N) is 1. The summed E-state index contributed by atoms with van der Waals surface area (Å²) in [7, 11) is 0. The molecule has 1 aliphatic rings. The lowest BCUT2D eigenvalue weighted by Crippen LogP contribution is -2.62.